The maximum absolute atomic E-state index is 11.8. The Hall–Kier alpha value is -2.41. The second-order valence-electron chi connectivity index (χ2n) is 4.75. The minimum absolute atomic E-state index is 0.213. The Morgan fingerprint density at radius 2 is 2.23 bits per heavy atom. The number of nitrogens with zero attached hydrogens (tertiary/aromatic N) is 3. The van der Waals surface area contributed by atoms with Crippen molar-refractivity contribution in [1.29, 1.82) is 0 Å². The minimum atomic E-state index is -0.341. The van der Waals surface area contributed by atoms with Gasteiger partial charge in [-0.3, -0.25) is 4.79 Å². The van der Waals surface area contributed by atoms with E-state index < -0.39 is 0 Å². The van der Waals surface area contributed by atoms with Gasteiger partial charge in [-0.05, 0) is 36.6 Å². The lowest BCUT2D eigenvalue weighted by Gasteiger charge is -2.09. The predicted octanol–water partition coefficient (Wildman–Crippen LogP) is 2.42. The van der Waals surface area contributed by atoms with Crippen LogP contribution in [0, 0.1) is 0 Å². The van der Waals surface area contributed by atoms with Crippen LogP contribution in [0.5, 0.6) is 0 Å². The van der Waals surface area contributed by atoms with Crippen molar-refractivity contribution < 1.29 is 14.3 Å². The van der Waals surface area contributed by atoms with Gasteiger partial charge in [0.15, 0.2) is 12.3 Å². The van der Waals surface area contributed by atoms with E-state index in [1.54, 1.807) is 24.3 Å². The summed E-state index contributed by atoms with van der Waals surface area (Å²) in [5.74, 6) is -0.341. The van der Waals surface area contributed by atoms with Crippen LogP contribution in [0.15, 0.2) is 34.1 Å². The molecular formula is C14H13ClN4O3. The van der Waals surface area contributed by atoms with Crippen LogP contribution in [0.25, 0.3) is 0 Å². The second kappa shape index (κ2) is 6.57. The number of aromatic nitrogens is 2. The molecule has 7 nitrogen and oxygen atoms in total. The molecule has 8 heteroatoms. The molecule has 0 fully saturated rings. The van der Waals surface area contributed by atoms with Gasteiger partial charge in [0.2, 0.25) is 0 Å². The molecule has 0 atom stereocenters. The summed E-state index contributed by atoms with van der Waals surface area (Å²) in [6.45, 7) is -0.213. The Kier molecular flexibility index (Phi) is 4.34. The first-order valence-electron chi connectivity index (χ1n) is 6.79. The molecule has 0 unspecified atom stereocenters. The maximum Gasteiger partial charge on any atom is 0.265 e. The van der Waals surface area contributed by atoms with E-state index in [1.807, 2.05) is 0 Å². The highest BCUT2D eigenvalue weighted by Gasteiger charge is 2.21. The number of anilines is 1. The summed E-state index contributed by atoms with van der Waals surface area (Å²) in [5.41, 5.74) is 2.56. The molecule has 1 amide bonds. The summed E-state index contributed by atoms with van der Waals surface area (Å²) in [6, 6.07) is 6.97. The summed E-state index contributed by atoms with van der Waals surface area (Å²) in [6.07, 6.45) is 2.42. The molecule has 1 N–H and O–H groups in total. The molecule has 114 valence electrons. The Balaban J connectivity index is 1.57. The maximum atomic E-state index is 11.8. The Morgan fingerprint density at radius 3 is 3.09 bits per heavy atom. The zero-order chi connectivity index (χ0) is 15.4. The Morgan fingerprint density at radius 1 is 1.36 bits per heavy atom. The average molecular weight is 321 g/mol. The summed E-state index contributed by atoms with van der Waals surface area (Å²) >= 11 is 5.96. The number of amides is 1. The molecule has 0 bridgehead atoms. The van der Waals surface area contributed by atoms with Crippen LogP contribution in [-0.4, -0.2) is 28.5 Å². The number of rotatable bonds is 4. The van der Waals surface area contributed by atoms with Gasteiger partial charge in [-0.2, -0.15) is 0 Å². The van der Waals surface area contributed by atoms with E-state index in [-0.39, 0.29) is 12.5 Å². The standard InChI is InChI=1S/C14H13ClN4O3/c15-9-4-1-2-5-10(9)16-13(20)8-21-17-11-6-3-7-12-14(11)19-22-18-12/h1-2,4-5H,3,6-8H2,(H,16,20). The van der Waals surface area contributed by atoms with E-state index in [0.717, 1.165) is 18.5 Å². The van der Waals surface area contributed by atoms with Gasteiger partial charge in [0.25, 0.3) is 5.91 Å². The molecule has 1 aliphatic rings. The topological polar surface area (TPSA) is 89.6 Å². The van der Waals surface area contributed by atoms with E-state index in [1.165, 1.54) is 0 Å². The highest BCUT2D eigenvalue weighted by atomic mass is 35.5. The van der Waals surface area contributed by atoms with Crippen LogP contribution >= 0.6 is 11.6 Å². The molecule has 0 aliphatic heterocycles. The van der Waals surface area contributed by atoms with Gasteiger partial charge >= 0.3 is 0 Å². The third-order valence-electron chi connectivity index (χ3n) is 3.18. The third-order valence-corrected chi connectivity index (χ3v) is 3.50. The highest BCUT2D eigenvalue weighted by molar-refractivity contribution is 6.33. The zero-order valence-electron chi connectivity index (χ0n) is 11.6. The first-order chi connectivity index (χ1) is 10.7. The van der Waals surface area contributed by atoms with Crippen molar-refractivity contribution in [3.8, 4) is 0 Å². The van der Waals surface area contributed by atoms with E-state index in [9.17, 15) is 4.79 Å². The summed E-state index contributed by atoms with van der Waals surface area (Å²) in [4.78, 5) is 16.9. The number of carbonyl (C=O) groups excluding carboxylic acids is 1. The minimum Gasteiger partial charge on any atom is -0.385 e. The highest BCUT2D eigenvalue weighted by Crippen LogP contribution is 2.20. The molecule has 1 aromatic carbocycles. The molecule has 1 heterocycles. The molecule has 22 heavy (non-hydrogen) atoms. The second-order valence-corrected chi connectivity index (χ2v) is 5.16. The van der Waals surface area contributed by atoms with Gasteiger partial charge in [0.05, 0.1) is 10.7 Å². The average Bonchev–Trinajstić information content (AvgIpc) is 2.99. The van der Waals surface area contributed by atoms with Crippen molar-refractivity contribution in [1.82, 2.24) is 10.3 Å². The van der Waals surface area contributed by atoms with Crippen LogP contribution in [0.3, 0.4) is 0 Å². The molecule has 0 spiro atoms. The number of carbonyl (C=O) groups is 1. The van der Waals surface area contributed by atoms with Crippen molar-refractivity contribution in [2.45, 2.75) is 19.3 Å². The van der Waals surface area contributed by atoms with Crippen molar-refractivity contribution in [2.24, 2.45) is 5.16 Å². The van der Waals surface area contributed by atoms with Gasteiger partial charge < -0.3 is 10.2 Å². The van der Waals surface area contributed by atoms with Gasteiger partial charge in [0, 0.05) is 0 Å². The van der Waals surface area contributed by atoms with Crippen molar-refractivity contribution in [2.75, 3.05) is 11.9 Å². The normalized spacial score (nSPS) is 15.4. The Labute approximate surface area is 131 Å². The fraction of sp³-hybridized carbons (Fsp3) is 0.286. The fourth-order valence-electron chi connectivity index (χ4n) is 2.14. The lowest BCUT2D eigenvalue weighted by atomic mass is 9.99. The predicted molar refractivity (Wildman–Crippen MR) is 79.8 cm³/mol. The molecule has 0 radical (unpaired) electrons. The molecule has 0 saturated heterocycles. The van der Waals surface area contributed by atoms with Crippen molar-refractivity contribution >= 4 is 28.9 Å². The number of oxime groups is 1. The van der Waals surface area contributed by atoms with Gasteiger partial charge in [-0.25, -0.2) is 4.63 Å². The first-order valence-corrected chi connectivity index (χ1v) is 7.17. The van der Waals surface area contributed by atoms with Crippen LogP contribution in [-0.2, 0) is 16.1 Å². The number of hydrogen-bond donors (Lipinski definition) is 1. The number of aryl methyl sites for hydroxylation is 1. The van der Waals surface area contributed by atoms with E-state index in [0.29, 0.717) is 28.5 Å². The van der Waals surface area contributed by atoms with Crippen molar-refractivity contribution in [3.05, 3.63) is 40.7 Å². The number of hydrogen-bond acceptors (Lipinski definition) is 6. The summed E-state index contributed by atoms with van der Waals surface area (Å²) < 4.78 is 4.69. The number of nitrogens with one attached hydrogen (secondary N) is 1. The fourth-order valence-corrected chi connectivity index (χ4v) is 2.32. The molecular weight excluding hydrogens is 308 g/mol. The zero-order valence-corrected chi connectivity index (χ0v) is 12.3. The Bertz CT molecular complexity index is 714. The lowest BCUT2D eigenvalue weighted by Crippen LogP contribution is -2.18. The lowest BCUT2D eigenvalue weighted by molar-refractivity contribution is -0.120. The quantitative estimate of drug-likeness (QED) is 0.874. The molecule has 0 saturated carbocycles. The molecule has 1 aliphatic carbocycles. The van der Waals surface area contributed by atoms with Crippen LogP contribution in [0.4, 0.5) is 5.69 Å². The molecule has 2 aromatic rings. The van der Waals surface area contributed by atoms with Crippen molar-refractivity contribution in [3.63, 3.8) is 0 Å². The van der Waals surface area contributed by atoms with Gasteiger partial charge in [-0.15, -0.1) is 0 Å². The number of fused-ring (bicyclic) bond motifs is 1. The van der Waals surface area contributed by atoms with E-state index >= 15 is 0 Å². The van der Waals surface area contributed by atoms with Crippen LogP contribution in [0.1, 0.15) is 24.2 Å². The third kappa shape index (κ3) is 3.25. The number of benzene rings is 1. The summed E-state index contributed by atoms with van der Waals surface area (Å²) in [7, 11) is 0. The molecule has 3 rings (SSSR count). The monoisotopic (exact) mass is 320 g/mol. The van der Waals surface area contributed by atoms with Gasteiger partial charge in [0.1, 0.15) is 11.4 Å². The first kappa shape index (κ1) is 14.5. The number of halogens is 1. The SMILES string of the molecule is O=C(CON=C1CCCc2nonc21)Nc1ccccc1Cl. The van der Waals surface area contributed by atoms with Crippen LogP contribution in [0.2, 0.25) is 5.02 Å². The van der Waals surface area contributed by atoms with Gasteiger partial charge in [-0.1, -0.05) is 34.0 Å². The largest absolute Gasteiger partial charge is 0.385 e. The van der Waals surface area contributed by atoms with Crippen LogP contribution < -0.4 is 5.32 Å². The number of para-hydroxylation sites is 1. The summed E-state index contributed by atoms with van der Waals surface area (Å²) in [5, 5.41) is 14.7. The van der Waals surface area contributed by atoms with E-state index in [4.69, 9.17) is 16.4 Å². The van der Waals surface area contributed by atoms with E-state index in [2.05, 4.69) is 25.4 Å². The molecule has 1 aromatic heterocycles. The smallest absolute Gasteiger partial charge is 0.265 e.